The number of hydrogen-bond donors (Lipinski definition) is 0. The summed E-state index contributed by atoms with van der Waals surface area (Å²) in [5, 5.41) is 2.35. The number of pyridine rings is 1. The van der Waals surface area contributed by atoms with Gasteiger partial charge in [-0.1, -0.05) is 191 Å². The average Bonchev–Trinajstić information content (AvgIpc) is 3.89. The average molecular weight is 1050 g/mol. The summed E-state index contributed by atoms with van der Waals surface area (Å²) < 4.78 is 4.71. The van der Waals surface area contributed by atoms with E-state index in [1.807, 2.05) is 12.3 Å². The molecule has 11 aromatic rings. The van der Waals surface area contributed by atoms with E-state index in [1.54, 1.807) is 0 Å². The summed E-state index contributed by atoms with van der Waals surface area (Å²) in [6.07, 6.45) is 1.89. The van der Waals surface area contributed by atoms with Gasteiger partial charge in [-0.05, 0) is 74.5 Å². The molecular formula is C62H50N4Pt. The van der Waals surface area contributed by atoms with Gasteiger partial charge in [0.15, 0.2) is 0 Å². The van der Waals surface area contributed by atoms with Gasteiger partial charge < -0.3 is 4.57 Å². The van der Waals surface area contributed by atoms with E-state index in [9.17, 15) is 0 Å². The van der Waals surface area contributed by atoms with Crippen LogP contribution >= 0.6 is 0 Å². The van der Waals surface area contributed by atoms with Crippen molar-refractivity contribution in [3.8, 4) is 67.4 Å². The Morgan fingerprint density at radius 2 is 1.09 bits per heavy atom. The molecule has 328 valence electrons. The van der Waals surface area contributed by atoms with Crippen LogP contribution in [-0.4, -0.2) is 19.1 Å². The number of aromatic nitrogens is 4. The molecule has 0 N–H and O–H groups in total. The Bertz CT molecular complexity index is 3520. The van der Waals surface area contributed by atoms with Crippen LogP contribution in [0.5, 0.6) is 0 Å². The van der Waals surface area contributed by atoms with E-state index in [0.29, 0.717) is 0 Å². The molecule has 0 aliphatic heterocycles. The summed E-state index contributed by atoms with van der Waals surface area (Å²) in [7, 11) is 0. The number of nitrogens with zero attached hydrogens (tertiary/aromatic N) is 4. The fourth-order valence-electron chi connectivity index (χ4n) is 9.30. The molecule has 5 heteroatoms. The normalized spacial score (nSPS) is 11.9. The number of benzene rings is 8. The number of imidazole rings is 1. The zero-order chi connectivity index (χ0) is 45.2. The Labute approximate surface area is 407 Å². The Hall–Kier alpha value is -7.13. The maximum atomic E-state index is 5.79. The zero-order valence-corrected chi connectivity index (χ0v) is 40.9. The second kappa shape index (κ2) is 17.3. The first kappa shape index (κ1) is 43.7. The SMILES string of the molecule is CC(C)(C)c1c[c-]c2c(c1)c1cc(C(C)(C)C)ccc1n2-c1nc2c(-c3[c-]c(-c4cc(-c5ccccc5)ccn4)ccc3)cccc2n1-c1ccc(-c2ccccc2)cc1-c1ccccc1.[Pt+2]. The molecular weight excluding hydrogens is 996 g/mol. The number of rotatable bonds is 7. The smallest absolute Gasteiger partial charge is 0.304 e. The monoisotopic (exact) mass is 1050 g/mol. The van der Waals surface area contributed by atoms with Crippen molar-refractivity contribution in [1.82, 2.24) is 19.1 Å². The third-order valence-electron chi connectivity index (χ3n) is 12.9. The van der Waals surface area contributed by atoms with Gasteiger partial charge in [0.1, 0.15) is 0 Å². The van der Waals surface area contributed by atoms with Gasteiger partial charge >= 0.3 is 21.1 Å². The van der Waals surface area contributed by atoms with E-state index in [0.717, 1.165) is 89.3 Å². The van der Waals surface area contributed by atoms with E-state index in [1.165, 1.54) is 22.1 Å². The van der Waals surface area contributed by atoms with Crippen LogP contribution in [-0.2, 0) is 31.9 Å². The van der Waals surface area contributed by atoms with Crippen molar-refractivity contribution < 1.29 is 21.1 Å². The van der Waals surface area contributed by atoms with Gasteiger partial charge in [0.2, 0.25) is 5.95 Å². The van der Waals surface area contributed by atoms with E-state index in [2.05, 4.69) is 245 Å². The van der Waals surface area contributed by atoms with Gasteiger partial charge in [-0.25, -0.2) is 4.98 Å². The third kappa shape index (κ3) is 8.04. The van der Waals surface area contributed by atoms with Crippen LogP contribution < -0.4 is 0 Å². The molecule has 0 spiro atoms. The Balaban J connectivity index is 0.00000525. The zero-order valence-electron chi connectivity index (χ0n) is 38.6. The summed E-state index contributed by atoms with van der Waals surface area (Å²) in [4.78, 5) is 10.6. The van der Waals surface area contributed by atoms with Gasteiger partial charge in [-0.3, -0.25) is 9.55 Å². The van der Waals surface area contributed by atoms with Crippen LogP contribution in [0.2, 0.25) is 0 Å². The molecule has 0 aliphatic carbocycles. The summed E-state index contributed by atoms with van der Waals surface area (Å²) in [6, 6.07) is 74.9. The van der Waals surface area contributed by atoms with Gasteiger partial charge in [0.05, 0.1) is 16.7 Å². The Kier molecular flexibility index (Phi) is 11.3. The van der Waals surface area contributed by atoms with Gasteiger partial charge in [0.25, 0.3) is 0 Å². The topological polar surface area (TPSA) is 35.6 Å². The second-order valence-electron chi connectivity index (χ2n) is 19.4. The van der Waals surface area contributed by atoms with Crippen molar-refractivity contribution in [3.63, 3.8) is 0 Å². The summed E-state index contributed by atoms with van der Waals surface area (Å²) in [6.45, 7) is 13.7. The van der Waals surface area contributed by atoms with Crippen LogP contribution in [0.15, 0.2) is 194 Å². The van der Waals surface area contributed by atoms with Crippen LogP contribution in [0.1, 0.15) is 52.7 Å². The maximum absolute atomic E-state index is 5.79. The van der Waals surface area contributed by atoms with Crippen molar-refractivity contribution in [3.05, 3.63) is 218 Å². The number of hydrogen-bond acceptors (Lipinski definition) is 2. The van der Waals surface area contributed by atoms with Crippen molar-refractivity contribution in [2.24, 2.45) is 0 Å². The van der Waals surface area contributed by atoms with Gasteiger partial charge in [-0.2, -0.15) is 18.2 Å². The largest absolute Gasteiger partial charge is 2.00 e. The molecule has 3 heterocycles. The molecule has 67 heavy (non-hydrogen) atoms. The van der Waals surface area contributed by atoms with Gasteiger partial charge in [-0.15, -0.1) is 40.8 Å². The molecule has 0 saturated carbocycles. The molecule has 0 fully saturated rings. The predicted octanol–water partition coefficient (Wildman–Crippen LogP) is 16.0. The second-order valence-corrected chi connectivity index (χ2v) is 19.4. The van der Waals surface area contributed by atoms with Crippen molar-refractivity contribution in [2.75, 3.05) is 0 Å². The van der Waals surface area contributed by atoms with E-state index in [4.69, 9.17) is 9.97 Å². The van der Waals surface area contributed by atoms with E-state index < -0.39 is 0 Å². The molecule has 0 amide bonds. The fourth-order valence-corrected chi connectivity index (χ4v) is 9.30. The first-order chi connectivity index (χ1) is 32.0. The first-order valence-electron chi connectivity index (χ1n) is 22.8. The molecule has 8 aromatic carbocycles. The van der Waals surface area contributed by atoms with Crippen LogP contribution in [0, 0.1) is 12.1 Å². The summed E-state index contributed by atoms with van der Waals surface area (Å²) >= 11 is 0. The minimum absolute atomic E-state index is 0. The maximum Gasteiger partial charge on any atom is 2.00 e. The standard InChI is InChI=1S/C62H50N4.Pt/c1-61(2,3)48-29-32-56-52(39-48)53-40-49(62(4,5)6)30-33-57(53)65(56)60-64-59-50(46-24-16-25-47(36-46)54-38-45(34-35-63-54)42-20-12-8-13-21-42)26-17-27-58(59)66(60)55-31-28-44(41-18-10-7-11-19-41)37-51(55)43-22-14-9-15-23-43;/h7-32,34-35,37-40H,1-6H3;/q-2;+2. The van der Waals surface area contributed by atoms with Crippen molar-refractivity contribution in [1.29, 1.82) is 0 Å². The first-order valence-corrected chi connectivity index (χ1v) is 22.8. The molecule has 0 radical (unpaired) electrons. The van der Waals surface area contributed by atoms with Crippen molar-refractivity contribution >= 4 is 32.8 Å². The van der Waals surface area contributed by atoms with Gasteiger partial charge in [0, 0.05) is 23.0 Å². The minimum atomic E-state index is -0.0582. The Morgan fingerprint density at radius 1 is 0.463 bits per heavy atom. The molecule has 0 saturated heterocycles. The quantitative estimate of drug-likeness (QED) is 0.149. The molecule has 4 nitrogen and oxygen atoms in total. The molecule has 11 rings (SSSR count). The number of fused-ring (bicyclic) bond motifs is 4. The minimum Gasteiger partial charge on any atom is -0.304 e. The van der Waals surface area contributed by atoms with Crippen LogP contribution in [0.4, 0.5) is 0 Å². The molecule has 0 bridgehead atoms. The Morgan fingerprint density at radius 3 is 1.78 bits per heavy atom. The third-order valence-corrected chi connectivity index (χ3v) is 12.9. The predicted molar refractivity (Wildman–Crippen MR) is 275 cm³/mol. The van der Waals surface area contributed by atoms with E-state index >= 15 is 0 Å². The molecule has 0 atom stereocenters. The summed E-state index contributed by atoms with van der Waals surface area (Å²) in [5.41, 5.74) is 17.9. The molecule has 3 aromatic heterocycles. The van der Waals surface area contributed by atoms with E-state index in [-0.39, 0.29) is 31.9 Å². The fraction of sp³-hybridized carbons (Fsp3) is 0.129. The summed E-state index contributed by atoms with van der Waals surface area (Å²) in [5.74, 6) is 0.791. The molecule has 0 aliphatic rings. The number of para-hydroxylation sites is 1. The molecule has 0 unspecified atom stereocenters. The van der Waals surface area contributed by atoms with Crippen LogP contribution in [0.3, 0.4) is 0 Å². The van der Waals surface area contributed by atoms with Crippen LogP contribution in [0.25, 0.3) is 100 Å². The van der Waals surface area contributed by atoms with Crippen molar-refractivity contribution in [2.45, 2.75) is 52.4 Å².